The highest BCUT2D eigenvalue weighted by Gasteiger charge is 2.18. The lowest BCUT2D eigenvalue weighted by molar-refractivity contribution is 0.289. The van der Waals surface area contributed by atoms with Crippen LogP contribution in [-0.4, -0.2) is 40.4 Å². The minimum Gasteiger partial charge on any atom is -0.493 e. The van der Waals surface area contributed by atoms with Crippen LogP contribution in [0.2, 0.25) is 0 Å². The van der Waals surface area contributed by atoms with Crippen LogP contribution in [0.4, 0.5) is 0 Å². The Kier molecular flexibility index (Phi) is 11.4. The lowest BCUT2D eigenvalue weighted by Crippen LogP contribution is -2.40. The van der Waals surface area contributed by atoms with Crippen LogP contribution in [0.15, 0.2) is 17.1 Å². The van der Waals surface area contributed by atoms with E-state index in [9.17, 15) is 0 Å². The van der Waals surface area contributed by atoms with Gasteiger partial charge in [-0.25, -0.2) is 4.99 Å². The van der Waals surface area contributed by atoms with Crippen LogP contribution in [0.5, 0.6) is 17.2 Å². The molecule has 1 aliphatic rings. The van der Waals surface area contributed by atoms with E-state index in [2.05, 4.69) is 24.5 Å². The molecular weight excluding hydrogens is 469 g/mol. The van der Waals surface area contributed by atoms with Crippen LogP contribution < -0.4 is 24.8 Å². The van der Waals surface area contributed by atoms with Crippen molar-refractivity contribution in [3.63, 3.8) is 0 Å². The summed E-state index contributed by atoms with van der Waals surface area (Å²) in [4.78, 5) is 4.73. The SMILES string of the molecule is CCNC(=NCc1cc(OC)c(OC)c(OC)c1)NCC1CCC(C)CC1.I. The summed E-state index contributed by atoms with van der Waals surface area (Å²) in [5.41, 5.74) is 1.01. The minimum absolute atomic E-state index is 0. The number of hydrogen-bond acceptors (Lipinski definition) is 4. The molecule has 0 aromatic heterocycles. The number of aliphatic imine (C=N–C) groups is 1. The normalized spacial score (nSPS) is 19.4. The molecule has 1 aromatic carbocycles. The van der Waals surface area contributed by atoms with Gasteiger partial charge in [0.25, 0.3) is 0 Å². The Balaban J connectivity index is 0.00000392. The van der Waals surface area contributed by atoms with Crippen molar-refractivity contribution in [3.05, 3.63) is 17.7 Å². The molecular formula is C21H36IN3O3. The first-order valence-electron chi connectivity index (χ1n) is 9.92. The summed E-state index contributed by atoms with van der Waals surface area (Å²) in [5, 5.41) is 6.84. The third-order valence-corrected chi connectivity index (χ3v) is 5.18. The molecule has 1 fully saturated rings. The standard InChI is InChI=1S/C21H35N3O3.HI/c1-6-22-21(23-13-16-9-7-15(2)8-10-16)24-14-17-11-18(25-3)20(27-5)19(12-17)26-4;/h11-12,15-16H,6-10,13-14H2,1-5H3,(H2,22,23,24);1H. The molecule has 0 radical (unpaired) electrons. The van der Waals surface area contributed by atoms with E-state index in [1.165, 1.54) is 25.7 Å². The van der Waals surface area contributed by atoms with Gasteiger partial charge in [-0.1, -0.05) is 19.8 Å². The summed E-state index contributed by atoms with van der Waals surface area (Å²) in [6.07, 6.45) is 5.29. The van der Waals surface area contributed by atoms with E-state index in [0.717, 1.165) is 36.4 Å². The van der Waals surface area contributed by atoms with Gasteiger partial charge < -0.3 is 24.8 Å². The molecule has 2 rings (SSSR count). The molecule has 0 saturated heterocycles. The van der Waals surface area contributed by atoms with Crippen molar-refractivity contribution in [1.29, 1.82) is 0 Å². The van der Waals surface area contributed by atoms with Crippen molar-refractivity contribution in [2.75, 3.05) is 34.4 Å². The molecule has 6 nitrogen and oxygen atoms in total. The minimum atomic E-state index is 0. The van der Waals surface area contributed by atoms with Crippen LogP contribution >= 0.6 is 24.0 Å². The van der Waals surface area contributed by atoms with Crippen LogP contribution in [-0.2, 0) is 6.54 Å². The number of benzene rings is 1. The predicted octanol–water partition coefficient (Wildman–Crippen LogP) is 4.21. The van der Waals surface area contributed by atoms with Gasteiger partial charge in [0.15, 0.2) is 17.5 Å². The van der Waals surface area contributed by atoms with Gasteiger partial charge in [-0.15, -0.1) is 24.0 Å². The van der Waals surface area contributed by atoms with E-state index in [0.29, 0.717) is 23.8 Å². The topological polar surface area (TPSA) is 64.1 Å². The number of guanidine groups is 1. The molecule has 0 heterocycles. The molecule has 160 valence electrons. The van der Waals surface area contributed by atoms with Gasteiger partial charge in [-0.2, -0.15) is 0 Å². The monoisotopic (exact) mass is 505 g/mol. The summed E-state index contributed by atoms with van der Waals surface area (Å²) in [5.74, 6) is 4.37. The average molecular weight is 505 g/mol. The van der Waals surface area contributed by atoms with Crippen molar-refractivity contribution in [2.24, 2.45) is 16.8 Å². The second-order valence-corrected chi connectivity index (χ2v) is 7.24. The molecule has 0 spiro atoms. The smallest absolute Gasteiger partial charge is 0.203 e. The molecule has 0 aliphatic heterocycles. The number of ether oxygens (including phenoxy) is 3. The van der Waals surface area contributed by atoms with Gasteiger partial charge in [-0.3, -0.25) is 0 Å². The van der Waals surface area contributed by atoms with Crippen LogP contribution in [0.1, 0.15) is 45.1 Å². The Morgan fingerprint density at radius 3 is 2.11 bits per heavy atom. The molecule has 1 saturated carbocycles. The third-order valence-electron chi connectivity index (χ3n) is 5.18. The quantitative estimate of drug-likeness (QED) is 0.315. The Morgan fingerprint density at radius 2 is 1.61 bits per heavy atom. The fraction of sp³-hybridized carbons (Fsp3) is 0.667. The van der Waals surface area contributed by atoms with E-state index in [1.54, 1.807) is 21.3 Å². The zero-order valence-corrected chi connectivity index (χ0v) is 20.2. The molecule has 2 N–H and O–H groups in total. The van der Waals surface area contributed by atoms with Gasteiger partial charge >= 0.3 is 0 Å². The first kappa shape index (κ1) is 24.7. The molecule has 7 heteroatoms. The molecule has 1 aliphatic carbocycles. The number of methoxy groups -OCH3 is 3. The van der Waals surface area contributed by atoms with Crippen molar-refractivity contribution in [1.82, 2.24) is 10.6 Å². The van der Waals surface area contributed by atoms with E-state index in [1.807, 2.05) is 12.1 Å². The van der Waals surface area contributed by atoms with E-state index >= 15 is 0 Å². The van der Waals surface area contributed by atoms with Crippen LogP contribution in [0, 0.1) is 11.8 Å². The number of rotatable bonds is 8. The summed E-state index contributed by atoms with van der Waals surface area (Å²) in [6.45, 7) is 6.79. The maximum absolute atomic E-state index is 5.42. The number of halogens is 1. The van der Waals surface area contributed by atoms with Crippen LogP contribution in [0.25, 0.3) is 0 Å². The number of hydrogen-bond donors (Lipinski definition) is 2. The van der Waals surface area contributed by atoms with Gasteiger partial charge in [0, 0.05) is 13.1 Å². The summed E-state index contributed by atoms with van der Waals surface area (Å²) >= 11 is 0. The third kappa shape index (κ3) is 7.22. The highest BCUT2D eigenvalue weighted by atomic mass is 127. The van der Waals surface area contributed by atoms with Crippen LogP contribution in [0.3, 0.4) is 0 Å². The molecule has 0 unspecified atom stereocenters. The summed E-state index contributed by atoms with van der Waals surface area (Å²) in [7, 11) is 4.86. The Labute approximate surface area is 186 Å². The zero-order valence-electron chi connectivity index (χ0n) is 17.8. The molecule has 0 atom stereocenters. The highest BCUT2D eigenvalue weighted by molar-refractivity contribution is 14.0. The van der Waals surface area contributed by atoms with Crippen molar-refractivity contribution < 1.29 is 14.2 Å². The van der Waals surface area contributed by atoms with Gasteiger partial charge in [0.1, 0.15) is 0 Å². The van der Waals surface area contributed by atoms with Gasteiger partial charge in [0.2, 0.25) is 5.75 Å². The fourth-order valence-corrected chi connectivity index (χ4v) is 3.51. The number of nitrogens with one attached hydrogen (secondary N) is 2. The molecule has 0 bridgehead atoms. The van der Waals surface area contributed by atoms with E-state index in [4.69, 9.17) is 19.2 Å². The fourth-order valence-electron chi connectivity index (χ4n) is 3.51. The first-order valence-corrected chi connectivity index (χ1v) is 9.92. The van der Waals surface area contributed by atoms with Crippen molar-refractivity contribution in [2.45, 2.75) is 46.1 Å². The molecule has 0 amide bonds. The van der Waals surface area contributed by atoms with Crippen molar-refractivity contribution >= 4 is 29.9 Å². The molecule has 28 heavy (non-hydrogen) atoms. The maximum Gasteiger partial charge on any atom is 0.203 e. The lowest BCUT2D eigenvalue weighted by atomic mass is 9.83. The second kappa shape index (κ2) is 13.0. The highest BCUT2D eigenvalue weighted by Crippen LogP contribution is 2.38. The van der Waals surface area contributed by atoms with Gasteiger partial charge in [0.05, 0.1) is 27.9 Å². The maximum atomic E-state index is 5.42. The Bertz CT molecular complexity index is 592. The predicted molar refractivity (Wildman–Crippen MR) is 125 cm³/mol. The average Bonchev–Trinajstić information content (AvgIpc) is 2.70. The lowest BCUT2D eigenvalue weighted by Gasteiger charge is -2.26. The molecule has 1 aromatic rings. The summed E-state index contributed by atoms with van der Waals surface area (Å²) < 4.78 is 16.2. The largest absolute Gasteiger partial charge is 0.493 e. The number of nitrogens with zero attached hydrogens (tertiary/aromatic N) is 1. The van der Waals surface area contributed by atoms with Crippen molar-refractivity contribution in [3.8, 4) is 17.2 Å². The van der Waals surface area contributed by atoms with Gasteiger partial charge in [-0.05, 0) is 49.3 Å². The zero-order chi connectivity index (χ0) is 19.6. The van der Waals surface area contributed by atoms with E-state index < -0.39 is 0 Å². The second-order valence-electron chi connectivity index (χ2n) is 7.24. The Hall–Kier alpha value is -1.38. The Morgan fingerprint density at radius 1 is 1.00 bits per heavy atom. The first-order chi connectivity index (χ1) is 13.1. The van der Waals surface area contributed by atoms with E-state index in [-0.39, 0.29) is 24.0 Å². The summed E-state index contributed by atoms with van der Waals surface area (Å²) in [6, 6.07) is 3.88.